The van der Waals surface area contributed by atoms with Crippen LogP contribution < -0.4 is 5.32 Å². The fourth-order valence-electron chi connectivity index (χ4n) is 4.21. The summed E-state index contributed by atoms with van der Waals surface area (Å²) in [5, 5.41) is 2.47. The monoisotopic (exact) mass is 189 g/mol. The molecule has 3 fully saturated rings. The van der Waals surface area contributed by atoms with Gasteiger partial charge in [-0.05, 0) is 30.1 Å². The number of hydrogen-bond donors (Lipinski definition) is 1. The van der Waals surface area contributed by atoms with Crippen LogP contribution in [0.1, 0.15) is 6.42 Å². The third kappa shape index (κ3) is 0.552. The molecule has 0 radical (unpaired) electrons. The van der Waals surface area contributed by atoms with Crippen LogP contribution in [-0.4, -0.2) is 11.8 Å². The molecule has 6 atom stereocenters. The van der Waals surface area contributed by atoms with E-state index in [4.69, 9.17) is 0 Å². The van der Waals surface area contributed by atoms with Gasteiger partial charge in [0, 0.05) is 0 Å². The summed E-state index contributed by atoms with van der Waals surface area (Å²) < 4.78 is 0. The van der Waals surface area contributed by atoms with E-state index in [1.165, 1.54) is 6.42 Å². The Balaban J connectivity index is 1.80. The van der Waals surface area contributed by atoms with E-state index in [2.05, 4.69) is 17.5 Å². The molecule has 3 nitrogen and oxygen atoms in total. The molecule has 1 N–H and O–H groups in total. The molecule has 2 saturated carbocycles. The van der Waals surface area contributed by atoms with Crippen molar-refractivity contribution < 1.29 is 9.59 Å². The van der Waals surface area contributed by atoms with Crippen LogP contribution in [0, 0.1) is 35.5 Å². The highest BCUT2D eigenvalue weighted by molar-refractivity contribution is 6.07. The van der Waals surface area contributed by atoms with Gasteiger partial charge in [-0.2, -0.15) is 0 Å². The van der Waals surface area contributed by atoms with Crippen molar-refractivity contribution in [2.24, 2.45) is 35.5 Å². The molecule has 6 unspecified atom stereocenters. The lowest BCUT2D eigenvalue weighted by molar-refractivity contribution is -0.137. The van der Waals surface area contributed by atoms with Crippen molar-refractivity contribution in [2.45, 2.75) is 6.42 Å². The number of carbonyl (C=O) groups is 2. The molecule has 1 heterocycles. The van der Waals surface area contributed by atoms with Gasteiger partial charge in [0.1, 0.15) is 0 Å². The molecule has 4 rings (SSSR count). The number of hydrogen-bond acceptors (Lipinski definition) is 2. The zero-order valence-electron chi connectivity index (χ0n) is 7.64. The number of allylic oxidation sites excluding steroid dienone is 2. The average Bonchev–Trinajstić information content (AvgIpc) is 2.64. The number of nitrogens with one attached hydrogen (secondary N) is 1. The standard InChI is InChI=1S/C11H11NO2/c13-10-8-6-4-1-2-5(3-4)7(6)9(8)11(14)12-10/h1-2,4-9H,3H2,(H,12,13,14). The van der Waals surface area contributed by atoms with Gasteiger partial charge in [0.25, 0.3) is 0 Å². The van der Waals surface area contributed by atoms with Crippen LogP contribution in [-0.2, 0) is 9.59 Å². The Kier molecular flexibility index (Phi) is 1.00. The molecule has 3 aliphatic carbocycles. The van der Waals surface area contributed by atoms with Crippen LogP contribution in [0.15, 0.2) is 12.2 Å². The largest absolute Gasteiger partial charge is 0.296 e. The van der Waals surface area contributed by atoms with Crippen molar-refractivity contribution in [1.29, 1.82) is 0 Å². The lowest BCUT2D eigenvalue weighted by Crippen LogP contribution is -2.50. The van der Waals surface area contributed by atoms with Gasteiger partial charge in [0.15, 0.2) is 0 Å². The zero-order valence-corrected chi connectivity index (χ0v) is 7.64. The fourth-order valence-corrected chi connectivity index (χ4v) is 4.21. The summed E-state index contributed by atoms with van der Waals surface area (Å²) in [4.78, 5) is 23.0. The molecule has 3 heteroatoms. The molecular weight excluding hydrogens is 178 g/mol. The summed E-state index contributed by atoms with van der Waals surface area (Å²) in [6.45, 7) is 0. The minimum Gasteiger partial charge on any atom is -0.296 e. The third-order valence-corrected chi connectivity index (χ3v) is 4.65. The van der Waals surface area contributed by atoms with E-state index in [-0.39, 0.29) is 23.7 Å². The Labute approximate surface area is 81.5 Å². The molecule has 2 amide bonds. The minimum absolute atomic E-state index is 0.0119. The smallest absolute Gasteiger partial charge is 0.230 e. The number of carbonyl (C=O) groups excluding carboxylic acids is 2. The minimum atomic E-state index is -0.0119. The predicted molar refractivity (Wildman–Crippen MR) is 47.8 cm³/mol. The SMILES string of the molecule is O=C1NC(=O)C2C1C1C3C=CC(C3)C21. The Bertz CT molecular complexity index is 353. The van der Waals surface area contributed by atoms with Crippen LogP contribution >= 0.6 is 0 Å². The Morgan fingerprint density at radius 2 is 1.50 bits per heavy atom. The second-order valence-corrected chi connectivity index (χ2v) is 5.01. The highest BCUT2D eigenvalue weighted by atomic mass is 16.2. The number of amides is 2. The van der Waals surface area contributed by atoms with Crippen molar-refractivity contribution in [3.8, 4) is 0 Å². The lowest BCUT2D eigenvalue weighted by atomic mass is 9.54. The Morgan fingerprint density at radius 3 is 2.00 bits per heavy atom. The average molecular weight is 189 g/mol. The molecule has 0 aromatic carbocycles. The van der Waals surface area contributed by atoms with Crippen LogP contribution in [0.25, 0.3) is 0 Å². The van der Waals surface area contributed by atoms with Gasteiger partial charge >= 0.3 is 0 Å². The molecular formula is C11H11NO2. The van der Waals surface area contributed by atoms with E-state index in [9.17, 15) is 9.59 Å². The first-order valence-corrected chi connectivity index (χ1v) is 5.30. The van der Waals surface area contributed by atoms with E-state index >= 15 is 0 Å². The van der Waals surface area contributed by atoms with Crippen LogP contribution in [0.2, 0.25) is 0 Å². The van der Waals surface area contributed by atoms with Gasteiger partial charge in [-0.1, -0.05) is 12.2 Å². The topological polar surface area (TPSA) is 46.2 Å². The van der Waals surface area contributed by atoms with Crippen molar-refractivity contribution in [1.82, 2.24) is 5.32 Å². The first-order chi connectivity index (χ1) is 6.77. The second kappa shape index (κ2) is 1.95. The molecule has 14 heavy (non-hydrogen) atoms. The molecule has 4 aliphatic rings. The van der Waals surface area contributed by atoms with Gasteiger partial charge < -0.3 is 0 Å². The second-order valence-electron chi connectivity index (χ2n) is 5.01. The van der Waals surface area contributed by atoms with Crippen LogP contribution in [0.4, 0.5) is 0 Å². The number of rotatable bonds is 0. The maximum Gasteiger partial charge on any atom is 0.230 e. The summed E-state index contributed by atoms with van der Waals surface area (Å²) in [7, 11) is 0. The predicted octanol–water partition coefficient (Wildman–Crippen LogP) is 0.327. The maximum atomic E-state index is 11.5. The van der Waals surface area contributed by atoms with E-state index in [0.717, 1.165) is 0 Å². The third-order valence-electron chi connectivity index (χ3n) is 4.65. The summed E-state index contributed by atoms with van der Waals surface area (Å²) in [5.41, 5.74) is 0. The van der Waals surface area contributed by atoms with Crippen molar-refractivity contribution >= 4 is 11.8 Å². The molecule has 1 aliphatic heterocycles. The molecule has 1 saturated heterocycles. The normalized spacial score (nSPS) is 56.9. The van der Waals surface area contributed by atoms with Crippen molar-refractivity contribution in [3.63, 3.8) is 0 Å². The maximum absolute atomic E-state index is 11.5. The van der Waals surface area contributed by atoms with Gasteiger partial charge in [0.05, 0.1) is 11.8 Å². The van der Waals surface area contributed by atoms with E-state index in [1.54, 1.807) is 0 Å². The molecule has 0 aromatic rings. The summed E-state index contributed by atoms with van der Waals surface area (Å²) in [5.74, 6) is 2.16. The van der Waals surface area contributed by atoms with Gasteiger partial charge in [-0.15, -0.1) is 0 Å². The number of imide groups is 1. The first-order valence-electron chi connectivity index (χ1n) is 5.30. The van der Waals surface area contributed by atoms with Gasteiger partial charge in [-0.3, -0.25) is 14.9 Å². The van der Waals surface area contributed by atoms with E-state index in [0.29, 0.717) is 23.7 Å². The van der Waals surface area contributed by atoms with E-state index in [1.807, 2.05) is 0 Å². The highest BCUT2D eigenvalue weighted by Gasteiger charge is 2.68. The van der Waals surface area contributed by atoms with Crippen molar-refractivity contribution in [2.75, 3.05) is 0 Å². The number of fused-ring (bicyclic) bond motifs is 8. The van der Waals surface area contributed by atoms with Gasteiger partial charge in [-0.25, -0.2) is 0 Å². The van der Waals surface area contributed by atoms with Gasteiger partial charge in [0.2, 0.25) is 11.8 Å². The lowest BCUT2D eigenvalue weighted by Gasteiger charge is -2.46. The highest BCUT2D eigenvalue weighted by Crippen LogP contribution is 2.65. The summed E-state index contributed by atoms with van der Waals surface area (Å²) in [6.07, 6.45) is 5.68. The summed E-state index contributed by atoms with van der Waals surface area (Å²) >= 11 is 0. The first kappa shape index (κ1) is 7.21. The van der Waals surface area contributed by atoms with Crippen LogP contribution in [0.5, 0.6) is 0 Å². The molecule has 2 bridgehead atoms. The van der Waals surface area contributed by atoms with Crippen LogP contribution in [0.3, 0.4) is 0 Å². The quantitative estimate of drug-likeness (QED) is 0.441. The van der Waals surface area contributed by atoms with Crippen molar-refractivity contribution in [3.05, 3.63) is 12.2 Å². The Morgan fingerprint density at radius 1 is 1.00 bits per heavy atom. The zero-order chi connectivity index (χ0) is 9.45. The summed E-state index contributed by atoms with van der Waals surface area (Å²) in [6, 6.07) is 0. The molecule has 0 spiro atoms. The Hall–Kier alpha value is -1.12. The molecule has 0 aromatic heterocycles. The molecule has 72 valence electrons. The fraction of sp³-hybridized carbons (Fsp3) is 0.636. The van der Waals surface area contributed by atoms with E-state index < -0.39 is 0 Å².